The van der Waals surface area contributed by atoms with E-state index in [9.17, 15) is 8.42 Å². The first-order valence-electron chi connectivity index (χ1n) is 10.8. The van der Waals surface area contributed by atoms with E-state index in [-0.39, 0.29) is 0 Å². The zero-order valence-corrected chi connectivity index (χ0v) is 18.9. The molecule has 30 heavy (non-hydrogen) atoms. The third-order valence-corrected chi connectivity index (χ3v) is 8.31. The molecule has 2 fully saturated rings. The largest absolute Gasteiger partial charge is 0.355 e. The normalized spacial score (nSPS) is 19.3. The van der Waals surface area contributed by atoms with Gasteiger partial charge < -0.3 is 9.80 Å². The number of hydrogen-bond donors (Lipinski definition) is 0. The van der Waals surface area contributed by atoms with Crippen LogP contribution in [0.2, 0.25) is 0 Å². The summed E-state index contributed by atoms with van der Waals surface area (Å²) in [5.41, 5.74) is 1.86. The van der Waals surface area contributed by atoms with Crippen molar-refractivity contribution in [3.05, 3.63) is 41.5 Å². The Morgan fingerprint density at radius 1 is 0.833 bits per heavy atom. The van der Waals surface area contributed by atoms with Crippen LogP contribution in [0.4, 0.5) is 11.6 Å². The lowest BCUT2D eigenvalue weighted by Crippen LogP contribution is -2.49. The number of hydrogen-bond acceptors (Lipinski definition) is 6. The van der Waals surface area contributed by atoms with E-state index in [1.807, 2.05) is 38.1 Å². The molecule has 0 spiro atoms. The van der Waals surface area contributed by atoms with E-state index in [0.29, 0.717) is 31.1 Å². The summed E-state index contributed by atoms with van der Waals surface area (Å²) in [6.45, 7) is 10.3. The van der Waals surface area contributed by atoms with Crippen molar-refractivity contribution in [3.8, 4) is 0 Å². The van der Waals surface area contributed by atoms with Crippen LogP contribution < -0.4 is 9.80 Å². The quantitative estimate of drug-likeness (QED) is 0.744. The summed E-state index contributed by atoms with van der Waals surface area (Å²) < 4.78 is 27.7. The van der Waals surface area contributed by atoms with Crippen LogP contribution in [0.25, 0.3) is 0 Å². The molecule has 0 aliphatic carbocycles. The van der Waals surface area contributed by atoms with E-state index in [2.05, 4.69) is 26.9 Å². The summed E-state index contributed by atoms with van der Waals surface area (Å²) in [5.74, 6) is 2.53. The maximum absolute atomic E-state index is 13.1. The topological polar surface area (TPSA) is 69.6 Å². The van der Waals surface area contributed by atoms with Crippen LogP contribution in [0.1, 0.15) is 30.9 Å². The predicted octanol–water partition coefficient (Wildman–Crippen LogP) is 2.84. The molecule has 2 aromatic rings. The highest BCUT2D eigenvalue weighted by atomic mass is 32.2. The Morgan fingerprint density at radius 2 is 1.40 bits per heavy atom. The van der Waals surface area contributed by atoms with Gasteiger partial charge in [-0.15, -0.1) is 10.2 Å². The highest BCUT2D eigenvalue weighted by Gasteiger charge is 2.30. The van der Waals surface area contributed by atoms with Crippen LogP contribution in [-0.2, 0) is 10.0 Å². The van der Waals surface area contributed by atoms with Gasteiger partial charge >= 0.3 is 0 Å². The Hall–Kier alpha value is -2.19. The molecular formula is C22H31N5O2S. The van der Waals surface area contributed by atoms with Crippen molar-refractivity contribution < 1.29 is 8.42 Å². The molecule has 0 saturated carbocycles. The van der Waals surface area contributed by atoms with Gasteiger partial charge in [-0.3, -0.25) is 0 Å². The summed E-state index contributed by atoms with van der Waals surface area (Å²) in [5, 5.41) is 8.87. The number of aromatic nitrogens is 2. The number of rotatable bonds is 4. The van der Waals surface area contributed by atoms with Crippen LogP contribution in [0.15, 0.2) is 35.2 Å². The summed E-state index contributed by atoms with van der Waals surface area (Å²) in [6.07, 6.45) is 2.39. The fraction of sp³-hybridized carbons (Fsp3) is 0.545. The molecule has 7 nitrogen and oxygen atoms in total. The van der Waals surface area contributed by atoms with Gasteiger partial charge in [-0.25, -0.2) is 8.42 Å². The van der Waals surface area contributed by atoms with E-state index in [4.69, 9.17) is 0 Å². The van der Waals surface area contributed by atoms with Gasteiger partial charge in [0.1, 0.15) is 0 Å². The molecule has 4 rings (SSSR count). The molecule has 0 amide bonds. The lowest BCUT2D eigenvalue weighted by molar-refractivity contribution is 0.383. The average Bonchev–Trinajstić information content (AvgIpc) is 2.74. The Balaban J connectivity index is 1.39. The lowest BCUT2D eigenvalue weighted by Gasteiger charge is -2.35. The summed E-state index contributed by atoms with van der Waals surface area (Å²) in [6, 6.07) is 9.54. The third kappa shape index (κ3) is 4.30. The van der Waals surface area contributed by atoms with Crippen molar-refractivity contribution in [3.63, 3.8) is 0 Å². The number of piperidine rings is 1. The highest BCUT2D eigenvalue weighted by Crippen LogP contribution is 2.25. The monoisotopic (exact) mass is 429 g/mol. The Bertz CT molecular complexity index is 977. The SMILES string of the molecule is Cc1ccc(S(=O)(=O)N2CCN(c3ccc(N4CCC(C)CC4)nn3)CC2)c(C)c1. The van der Waals surface area contributed by atoms with Crippen LogP contribution >= 0.6 is 0 Å². The van der Waals surface area contributed by atoms with Gasteiger partial charge in [0.25, 0.3) is 0 Å². The molecule has 0 bridgehead atoms. The molecule has 0 N–H and O–H groups in total. The second-order valence-electron chi connectivity index (χ2n) is 8.58. The predicted molar refractivity (Wildman–Crippen MR) is 120 cm³/mol. The van der Waals surface area contributed by atoms with E-state index in [0.717, 1.165) is 41.8 Å². The van der Waals surface area contributed by atoms with Crippen LogP contribution in [-0.4, -0.2) is 62.2 Å². The van der Waals surface area contributed by atoms with E-state index < -0.39 is 10.0 Å². The molecule has 1 aromatic carbocycles. The third-order valence-electron chi connectivity index (χ3n) is 6.25. The number of sulfonamides is 1. The molecule has 0 radical (unpaired) electrons. The first-order valence-corrected chi connectivity index (χ1v) is 12.2. The van der Waals surface area contributed by atoms with Gasteiger partial charge in [0.2, 0.25) is 10.0 Å². The van der Waals surface area contributed by atoms with Crippen LogP contribution in [0.3, 0.4) is 0 Å². The summed E-state index contributed by atoms with van der Waals surface area (Å²) >= 11 is 0. The van der Waals surface area contributed by atoms with Crippen molar-refractivity contribution in [2.45, 2.75) is 38.5 Å². The van der Waals surface area contributed by atoms with Crippen LogP contribution in [0.5, 0.6) is 0 Å². The average molecular weight is 430 g/mol. The van der Waals surface area contributed by atoms with E-state index >= 15 is 0 Å². The molecule has 2 aliphatic rings. The van der Waals surface area contributed by atoms with Crippen molar-refractivity contribution in [1.29, 1.82) is 0 Å². The van der Waals surface area contributed by atoms with Crippen molar-refractivity contribution in [2.24, 2.45) is 5.92 Å². The smallest absolute Gasteiger partial charge is 0.243 e. The number of anilines is 2. The fourth-order valence-corrected chi connectivity index (χ4v) is 5.91. The van der Waals surface area contributed by atoms with Crippen molar-refractivity contribution in [1.82, 2.24) is 14.5 Å². The van der Waals surface area contributed by atoms with Gasteiger partial charge in [0.05, 0.1) is 4.90 Å². The molecule has 2 saturated heterocycles. The molecule has 1 aromatic heterocycles. The van der Waals surface area contributed by atoms with Gasteiger partial charge in [-0.1, -0.05) is 24.6 Å². The minimum atomic E-state index is -3.48. The van der Waals surface area contributed by atoms with E-state index in [1.165, 1.54) is 12.8 Å². The zero-order chi connectivity index (χ0) is 21.3. The maximum Gasteiger partial charge on any atom is 0.243 e. The van der Waals surface area contributed by atoms with Crippen molar-refractivity contribution >= 4 is 21.7 Å². The van der Waals surface area contributed by atoms with Gasteiger partial charge in [-0.05, 0) is 56.4 Å². The highest BCUT2D eigenvalue weighted by molar-refractivity contribution is 7.89. The summed E-state index contributed by atoms with van der Waals surface area (Å²) in [7, 11) is -3.48. The number of piperazine rings is 1. The second kappa shape index (κ2) is 8.51. The molecule has 2 aliphatic heterocycles. The fourth-order valence-electron chi connectivity index (χ4n) is 4.28. The second-order valence-corrected chi connectivity index (χ2v) is 10.5. The minimum absolute atomic E-state index is 0.404. The number of benzene rings is 1. The number of nitrogens with zero attached hydrogens (tertiary/aromatic N) is 5. The minimum Gasteiger partial charge on any atom is -0.355 e. The van der Waals surface area contributed by atoms with Gasteiger partial charge in [0.15, 0.2) is 11.6 Å². The zero-order valence-electron chi connectivity index (χ0n) is 18.1. The van der Waals surface area contributed by atoms with Crippen LogP contribution in [0, 0.1) is 19.8 Å². The van der Waals surface area contributed by atoms with Crippen molar-refractivity contribution in [2.75, 3.05) is 49.1 Å². The Kier molecular flexibility index (Phi) is 5.97. The Labute approximate surface area is 179 Å². The first-order chi connectivity index (χ1) is 14.3. The Morgan fingerprint density at radius 3 is 1.93 bits per heavy atom. The molecular weight excluding hydrogens is 398 g/mol. The molecule has 0 unspecified atom stereocenters. The molecule has 8 heteroatoms. The standard InChI is InChI=1S/C22H31N5O2S/c1-17-8-10-25(11-9-17)21-6-7-22(24-23-21)26-12-14-27(15-13-26)30(28,29)20-5-4-18(2)16-19(20)3/h4-7,16-17H,8-15H2,1-3H3. The molecule has 0 atom stereocenters. The molecule has 3 heterocycles. The number of aryl methyl sites for hydroxylation is 2. The maximum atomic E-state index is 13.1. The van der Waals surface area contributed by atoms with Gasteiger partial charge in [0, 0.05) is 39.3 Å². The van der Waals surface area contributed by atoms with Gasteiger partial charge in [-0.2, -0.15) is 4.31 Å². The van der Waals surface area contributed by atoms with E-state index in [1.54, 1.807) is 10.4 Å². The lowest BCUT2D eigenvalue weighted by atomic mass is 9.99. The molecule has 162 valence electrons. The first kappa shape index (κ1) is 21.1. The summed E-state index contributed by atoms with van der Waals surface area (Å²) in [4.78, 5) is 4.82.